The minimum Gasteiger partial charge on any atom is -0.506 e. The second-order valence-electron chi connectivity index (χ2n) is 6.07. The fourth-order valence-corrected chi connectivity index (χ4v) is 3.11. The predicted octanol–water partition coefficient (Wildman–Crippen LogP) is 5.93. The summed E-state index contributed by atoms with van der Waals surface area (Å²) >= 11 is 0. The van der Waals surface area contributed by atoms with E-state index in [0.29, 0.717) is 5.69 Å². The second-order valence-corrected chi connectivity index (χ2v) is 6.07. The molecule has 0 spiro atoms. The van der Waals surface area contributed by atoms with Crippen LogP contribution in [0.15, 0.2) is 58.8 Å². The maximum Gasteiger partial charge on any atom is 0.143 e. The molecule has 1 aliphatic rings. The summed E-state index contributed by atoms with van der Waals surface area (Å²) in [5.74, 6) is 0.962. The van der Waals surface area contributed by atoms with Crippen molar-refractivity contribution in [3.63, 3.8) is 0 Å². The summed E-state index contributed by atoms with van der Waals surface area (Å²) in [6.07, 6.45) is 7.80. The monoisotopic (exact) mass is 294 g/mol. The first-order valence-electron chi connectivity index (χ1n) is 8.10. The molecule has 114 valence electrons. The van der Waals surface area contributed by atoms with Crippen LogP contribution in [0.2, 0.25) is 0 Å². The molecule has 0 amide bonds. The highest BCUT2D eigenvalue weighted by atomic mass is 16.3. The number of hydrogen-bond acceptors (Lipinski definition) is 3. The van der Waals surface area contributed by atoms with Gasteiger partial charge in [-0.2, -0.15) is 5.11 Å². The third-order valence-corrected chi connectivity index (χ3v) is 4.32. The van der Waals surface area contributed by atoms with Crippen molar-refractivity contribution in [2.75, 3.05) is 0 Å². The second kappa shape index (κ2) is 7.21. The Morgan fingerprint density at radius 2 is 1.68 bits per heavy atom. The third kappa shape index (κ3) is 3.94. The lowest BCUT2D eigenvalue weighted by Crippen LogP contribution is -2.09. The van der Waals surface area contributed by atoms with Gasteiger partial charge in [0.15, 0.2) is 0 Å². The van der Waals surface area contributed by atoms with E-state index in [9.17, 15) is 5.11 Å². The molecule has 1 aliphatic carbocycles. The Kier molecular flexibility index (Phi) is 4.84. The van der Waals surface area contributed by atoms with Crippen LogP contribution >= 0.6 is 0 Å². The first kappa shape index (κ1) is 14.8. The van der Waals surface area contributed by atoms with Gasteiger partial charge in [-0.15, -0.1) is 5.11 Å². The zero-order chi connectivity index (χ0) is 15.2. The summed E-state index contributed by atoms with van der Waals surface area (Å²) in [7, 11) is 0. The van der Waals surface area contributed by atoms with Crippen molar-refractivity contribution in [1.29, 1.82) is 0 Å². The number of benzene rings is 2. The molecule has 0 atom stereocenters. The van der Waals surface area contributed by atoms with Crippen molar-refractivity contribution in [3.8, 4) is 5.75 Å². The van der Waals surface area contributed by atoms with Gasteiger partial charge in [0, 0.05) is 0 Å². The lowest BCUT2D eigenvalue weighted by atomic mass is 9.85. The Hall–Kier alpha value is -2.16. The molecule has 0 aliphatic heterocycles. The average Bonchev–Trinajstić information content (AvgIpc) is 2.57. The smallest absolute Gasteiger partial charge is 0.143 e. The van der Waals surface area contributed by atoms with E-state index in [-0.39, 0.29) is 5.75 Å². The fraction of sp³-hybridized carbons (Fsp3) is 0.368. The van der Waals surface area contributed by atoms with Crippen molar-refractivity contribution in [2.24, 2.45) is 16.1 Å². The molecule has 3 nitrogen and oxygen atoms in total. The van der Waals surface area contributed by atoms with E-state index >= 15 is 0 Å². The predicted molar refractivity (Wildman–Crippen MR) is 89.0 cm³/mol. The molecule has 1 saturated carbocycles. The van der Waals surface area contributed by atoms with E-state index in [1.54, 1.807) is 6.07 Å². The van der Waals surface area contributed by atoms with Gasteiger partial charge in [-0.3, -0.25) is 0 Å². The van der Waals surface area contributed by atoms with Gasteiger partial charge in [-0.1, -0.05) is 56.4 Å². The van der Waals surface area contributed by atoms with Crippen LogP contribution in [-0.2, 0) is 6.42 Å². The molecule has 0 heterocycles. The maximum absolute atomic E-state index is 9.97. The molecule has 2 aromatic carbocycles. The summed E-state index contributed by atoms with van der Waals surface area (Å²) in [5, 5.41) is 18.4. The third-order valence-electron chi connectivity index (χ3n) is 4.32. The molecule has 1 fully saturated rings. The number of azo groups is 1. The molecule has 22 heavy (non-hydrogen) atoms. The first-order valence-corrected chi connectivity index (χ1v) is 8.10. The van der Waals surface area contributed by atoms with Gasteiger partial charge in [0.1, 0.15) is 11.4 Å². The SMILES string of the molecule is Oc1ccc(CC2CCCCC2)cc1/N=N/c1ccccc1. The van der Waals surface area contributed by atoms with E-state index in [0.717, 1.165) is 18.0 Å². The summed E-state index contributed by atoms with van der Waals surface area (Å²) < 4.78 is 0. The van der Waals surface area contributed by atoms with Crippen LogP contribution in [0.1, 0.15) is 37.7 Å². The van der Waals surface area contributed by atoms with E-state index in [4.69, 9.17) is 0 Å². The zero-order valence-electron chi connectivity index (χ0n) is 12.8. The number of nitrogens with zero attached hydrogens (tertiary/aromatic N) is 2. The quantitative estimate of drug-likeness (QED) is 0.698. The molecule has 0 aromatic heterocycles. The number of aromatic hydroxyl groups is 1. The van der Waals surface area contributed by atoms with Crippen LogP contribution in [-0.4, -0.2) is 5.11 Å². The van der Waals surface area contributed by atoms with Crippen molar-refractivity contribution in [3.05, 3.63) is 54.1 Å². The summed E-state index contributed by atoms with van der Waals surface area (Å²) in [6.45, 7) is 0. The average molecular weight is 294 g/mol. The Bertz CT molecular complexity index is 631. The zero-order valence-corrected chi connectivity index (χ0v) is 12.8. The molecular formula is C19H22N2O. The van der Waals surface area contributed by atoms with Crippen LogP contribution < -0.4 is 0 Å². The van der Waals surface area contributed by atoms with Gasteiger partial charge in [0.25, 0.3) is 0 Å². The number of rotatable bonds is 4. The molecule has 1 N–H and O–H groups in total. The standard InChI is InChI=1S/C19H22N2O/c22-19-12-11-16(13-15-7-3-1-4-8-15)14-18(19)21-20-17-9-5-2-6-10-17/h2,5-6,9-12,14-15,22H,1,3-4,7-8,13H2/b21-20+. The molecule has 0 saturated heterocycles. The van der Waals surface area contributed by atoms with E-state index in [1.165, 1.54) is 37.7 Å². The number of phenolic OH excluding ortho intramolecular Hbond substituents is 1. The minimum atomic E-state index is 0.187. The lowest BCUT2D eigenvalue weighted by molar-refractivity contribution is 0.356. The Morgan fingerprint density at radius 3 is 2.45 bits per heavy atom. The molecule has 3 rings (SSSR count). The van der Waals surface area contributed by atoms with E-state index < -0.39 is 0 Å². The van der Waals surface area contributed by atoms with Crippen molar-refractivity contribution >= 4 is 11.4 Å². The number of phenols is 1. The van der Waals surface area contributed by atoms with Gasteiger partial charge in [-0.05, 0) is 42.2 Å². The number of hydrogen-bond donors (Lipinski definition) is 1. The first-order chi connectivity index (χ1) is 10.8. The maximum atomic E-state index is 9.97. The summed E-state index contributed by atoms with van der Waals surface area (Å²) in [6, 6.07) is 15.3. The van der Waals surface area contributed by atoms with Crippen LogP contribution in [0.5, 0.6) is 5.75 Å². The lowest BCUT2D eigenvalue weighted by Gasteiger charge is -2.21. The Balaban J connectivity index is 1.73. The van der Waals surface area contributed by atoms with E-state index in [2.05, 4.69) is 10.2 Å². The normalized spacial score (nSPS) is 16.2. The van der Waals surface area contributed by atoms with Crippen molar-refractivity contribution in [2.45, 2.75) is 38.5 Å². The highest BCUT2D eigenvalue weighted by Crippen LogP contribution is 2.32. The summed E-state index contributed by atoms with van der Waals surface area (Å²) in [4.78, 5) is 0. The molecular weight excluding hydrogens is 272 g/mol. The Labute approximate surface area is 131 Å². The van der Waals surface area contributed by atoms with Crippen molar-refractivity contribution < 1.29 is 5.11 Å². The molecule has 2 aromatic rings. The fourth-order valence-electron chi connectivity index (χ4n) is 3.11. The van der Waals surface area contributed by atoms with Crippen LogP contribution in [0, 0.1) is 5.92 Å². The largest absolute Gasteiger partial charge is 0.506 e. The van der Waals surface area contributed by atoms with Gasteiger partial charge >= 0.3 is 0 Å². The highest BCUT2D eigenvalue weighted by molar-refractivity contribution is 5.53. The van der Waals surface area contributed by atoms with Gasteiger partial charge in [0.2, 0.25) is 0 Å². The van der Waals surface area contributed by atoms with Crippen LogP contribution in [0.3, 0.4) is 0 Å². The van der Waals surface area contributed by atoms with Crippen LogP contribution in [0.25, 0.3) is 0 Å². The minimum absolute atomic E-state index is 0.187. The molecule has 0 radical (unpaired) electrons. The van der Waals surface area contributed by atoms with Gasteiger partial charge in [0.05, 0.1) is 5.69 Å². The molecule has 0 unspecified atom stereocenters. The van der Waals surface area contributed by atoms with Gasteiger partial charge < -0.3 is 5.11 Å². The van der Waals surface area contributed by atoms with E-state index in [1.807, 2.05) is 42.5 Å². The van der Waals surface area contributed by atoms with Crippen LogP contribution in [0.4, 0.5) is 11.4 Å². The van der Waals surface area contributed by atoms with Gasteiger partial charge in [-0.25, -0.2) is 0 Å². The topological polar surface area (TPSA) is 45.0 Å². The summed E-state index contributed by atoms with van der Waals surface area (Å²) in [5.41, 5.74) is 2.59. The highest BCUT2D eigenvalue weighted by Gasteiger charge is 2.14. The van der Waals surface area contributed by atoms with Crippen molar-refractivity contribution in [1.82, 2.24) is 0 Å². The molecule has 0 bridgehead atoms. The molecule has 3 heteroatoms. The Morgan fingerprint density at radius 1 is 0.909 bits per heavy atom.